The minimum atomic E-state index is -0.187. The van der Waals surface area contributed by atoms with Crippen LogP contribution in [0.3, 0.4) is 0 Å². The molecule has 24 heavy (non-hydrogen) atoms. The van der Waals surface area contributed by atoms with Crippen molar-refractivity contribution in [3.63, 3.8) is 0 Å². The molecule has 0 aliphatic carbocycles. The van der Waals surface area contributed by atoms with Crippen LogP contribution < -0.4 is 14.8 Å². The molecule has 5 heteroatoms. The normalized spacial score (nSPS) is 18.3. The van der Waals surface area contributed by atoms with Crippen LogP contribution in [0.2, 0.25) is 0 Å². The molecule has 1 aliphatic rings. The van der Waals surface area contributed by atoms with Crippen LogP contribution in [-0.2, 0) is 0 Å². The van der Waals surface area contributed by atoms with Crippen molar-refractivity contribution in [1.82, 2.24) is 10.2 Å². The predicted octanol–water partition coefficient (Wildman–Crippen LogP) is 2.86. The molecule has 1 fully saturated rings. The van der Waals surface area contributed by atoms with Crippen molar-refractivity contribution in [3.05, 3.63) is 59.9 Å². The van der Waals surface area contributed by atoms with E-state index >= 15 is 0 Å². The van der Waals surface area contributed by atoms with Gasteiger partial charge in [-0.15, -0.1) is 0 Å². The fourth-order valence-electron chi connectivity index (χ4n) is 3.01. The summed E-state index contributed by atoms with van der Waals surface area (Å²) >= 11 is 0. The van der Waals surface area contributed by atoms with Crippen LogP contribution in [0, 0.1) is 5.82 Å². The molecule has 0 aromatic heterocycles. The number of hydrogen-bond acceptors (Lipinski definition) is 4. The summed E-state index contributed by atoms with van der Waals surface area (Å²) in [6.07, 6.45) is 0. The van der Waals surface area contributed by atoms with E-state index in [-0.39, 0.29) is 11.9 Å². The third-order valence-electron chi connectivity index (χ3n) is 4.29. The highest BCUT2D eigenvalue weighted by Gasteiger charge is 2.23. The topological polar surface area (TPSA) is 33.7 Å². The smallest absolute Gasteiger partial charge is 0.123 e. The van der Waals surface area contributed by atoms with Gasteiger partial charge in [0.05, 0.1) is 7.11 Å². The summed E-state index contributed by atoms with van der Waals surface area (Å²) in [5.41, 5.74) is 1.01. The molecule has 0 saturated carbocycles. The maximum absolute atomic E-state index is 13.5. The fourth-order valence-corrected chi connectivity index (χ4v) is 3.01. The molecule has 1 aliphatic heterocycles. The zero-order valence-electron chi connectivity index (χ0n) is 13.9. The third kappa shape index (κ3) is 4.24. The van der Waals surface area contributed by atoms with Crippen LogP contribution in [0.5, 0.6) is 11.5 Å². The van der Waals surface area contributed by atoms with Gasteiger partial charge in [-0.1, -0.05) is 12.1 Å². The summed E-state index contributed by atoms with van der Waals surface area (Å²) in [7, 11) is 1.65. The Labute approximate surface area is 142 Å². The number of methoxy groups -OCH3 is 1. The van der Waals surface area contributed by atoms with Gasteiger partial charge in [0.1, 0.15) is 23.9 Å². The Balaban J connectivity index is 1.57. The Kier molecular flexibility index (Phi) is 5.67. The first-order chi connectivity index (χ1) is 11.8. The molecule has 2 aromatic carbocycles. The molecule has 0 amide bonds. The Bertz CT molecular complexity index is 648. The molecule has 0 radical (unpaired) electrons. The molecular weight excluding hydrogens is 307 g/mol. The van der Waals surface area contributed by atoms with Gasteiger partial charge in [0.25, 0.3) is 0 Å². The van der Waals surface area contributed by atoms with Gasteiger partial charge >= 0.3 is 0 Å². The van der Waals surface area contributed by atoms with Gasteiger partial charge in [-0.05, 0) is 42.0 Å². The number of piperazine rings is 1. The van der Waals surface area contributed by atoms with Gasteiger partial charge in [0.15, 0.2) is 0 Å². The van der Waals surface area contributed by atoms with Crippen LogP contribution in [0.15, 0.2) is 48.5 Å². The second-order valence-electron chi connectivity index (χ2n) is 5.83. The highest BCUT2D eigenvalue weighted by atomic mass is 19.1. The Morgan fingerprint density at radius 3 is 2.71 bits per heavy atom. The quantitative estimate of drug-likeness (QED) is 0.883. The van der Waals surface area contributed by atoms with Gasteiger partial charge in [-0.3, -0.25) is 4.90 Å². The van der Waals surface area contributed by atoms with Crippen LogP contribution in [0.25, 0.3) is 0 Å². The number of nitrogens with zero attached hydrogens (tertiary/aromatic N) is 1. The van der Waals surface area contributed by atoms with E-state index in [1.54, 1.807) is 19.2 Å². The van der Waals surface area contributed by atoms with Crippen LogP contribution >= 0.6 is 0 Å². The Morgan fingerprint density at radius 2 is 1.96 bits per heavy atom. The minimum absolute atomic E-state index is 0.175. The number of ether oxygens (including phenoxy) is 2. The average molecular weight is 330 g/mol. The summed E-state index contributed by atoms with van der Waals surface area (Å²) in [6, 6.07) is 14.6. The van der Waals surface area contributed by atoms with E-state index in [9.17, 15) is 4.39 Å². The first-order valence-corrected chi connectivity index (χ1v) is 8.23. The SMILES string of the molecule is COc1ccc(OCCN2CCNCC2c2cccc(F)c2)cc1. The summed E-state index contributed by atoms with van der Waals surface area (Å²) in [4.78, 5) is 2.34. The summed E-state index contributed by atoms with van der Waals surface area (Å²) < 4.78 is 24.5. The number of rotatable bonds is 6. The van der Waals surface area contributed by atoms with Crippen molar-refractivity contribution in [2.24, 2.45) is 0 Å². The van der Waals surface area contributed by atoms with Crippen molar-refractivity contribution < 1.29 is 13.9 Å². The number of hydrogen-bond donors (Lipinski definition) is 1. The van der Waals surface area contributed by atoms with Gasteiger partial charge in [0.2, 0.25) is 0 Å². The number of nitrogens with one attached hydrogen (secondary N) is 1. The van der Waals surface area contributed by atoms with E-state index in [4.69, 9.17) is 9.47 Å². The lowest BCUT2D eigenvalue weighted by Gasteiger charge is -2.36. The van der Waals surface area contributed by atoms with E-state index in [0.29, 0.717) is 6.61 Å². The predicted molar refractivity (Wildman–Crippen MR) is 92.1 cm³/mol. The second kappa shape index (κ2) is 8.13. The zero-order valence-corrected chi connectivity index (χ0v) is 13.9. The van der Waals surface area contributed by atoms with Gasteiger partial charge < -0.3 is 14.8 Å². The standard InChI is InChI=1S/C19H23FN2O2/c1-23-17-5-7-18(8-6-17)24-12-11-22-10-9-21-14-19(22)15-3-2-4-16(20)13-15/h2-8,13,19,21H,9-12,14H2,1H3. The van der Waals surface area contributed by atoms with E-state index in [1.165, 1.54) is 6.07 Å². The van der Waals surface area contributed by atoms with Crippen molar-refractivity contribution in [1.29, 1.82) is 0 Å². The molecule has 1 atom stereocenters. The van der Waals surface area contributed by atoms with E-state index in [1.807, 2.05) is 30.3 Å². The van der Waals surface area contributed by atoms with Crippen molar-refractivity contribution in [2.75, 3.05) is 39.9 Å². The molecule has 1 saturated heterocycles. The van der Waals surface area contributed by atoms with Crippen molar-refractivity contribution in [3.8, 4) is 11.5 Å². The highest BCUT2D eigenvalue weighted by molar-refractivity contribution is 5.31. The van der Waals surface area contributed by atoms with Gasteiger partial charge in [-0.25, -0.2) is 4.39 Å². The van der Waals surface area contributed by atoms with Crippen molar-refractivity contribution in [2.45, 2.75) is 6.04 Å². The second-order valence-corrected chi connectivity index (χ2v) is 5.83. The molecule has 2 aromatic rings. The molecule has 1 unspecified atom stereocenters. The van der Waals surface area contributed by atoms with Crippen LogP contribution in [-0.4, -0.2) is 44.8 Å². The lowest BCUT2D eigenvalue weighted by molar-refractivity contribution is 0.134. The molecule has 1 N–H and O–H groups in total. The van der Waals surface area contributed by atoms with Crippen LogP contribution in [0.4, 0.5) is 4.39 Å². The summed E-state index contributed by atoms with van der Waals surface area (Å²) in [5, 5.41) is 3.38. The first-order valence-electron chi connectivity index (χ1n) is 8.23. The molecule has 1 heterocycles. The van der Waals surface area contributed by atoms with Crippen LogP contribution in [0.1, 0.15) is 11.6 Å². The fraction of sp³-hybridized carbons (Fsp3) is 0.368. The van der Waals surface area contributed by atoms with E-state index < -0.39 is 0 Å². The van der Waals surface area contributed by atoms with E-state index in [2.05, 4.69) is 10.2 Å². The molecule has 3 rings (SSSR count). The maximum Gasteiger partial charge on any atom is 0.123 e. The monoisotopic (exact) mass is 330 g/mol. The van der Waals surface area contributed by atoms with Gasteiger partial charge in [0, 0.05) is 32.2 Å². The molecule has 0 bridgehead atoms. The largest absolute Gasteiger partial charge is 0.497 e. The number of halogens is 1. The van der Waals surface area contributed by atoms with Gasteiger partial charge in [-0.2, -0.15) is 0 Å². The molecular formula is C19H23FN2O2. The van der Waals surface area contributed by atoms with Crippen molar-refractivity contribution >= 4 is 0 Å². The number of benzene rings is 2. The first kappa shape index (κ1) is 16.7. The zero-order chi connectivity index (χ0) is 16.8. The lowest BCUT2D eigenvalue weighted by atomic mass is 10.0. The van der Waals surface area contributed by atoms with E-state index in [0.717, 1.165) is 43.2 Å². The molecule has 128 valence electrons. The average Bonchev–Trinajstić information content (AvgIpc) is 2.63. The minimum Gasteiger partial charge on any atom is -0.497 e. The Hall–Kier alpha value is -2.11. The summed E-state index contributed by atoms with van der Waals surface area (Å²) in [6.45, 7) is 4.08. The highest BCUT2D eigenvalue weighted by Crippen LogP contribution is 2.23. The Morgan fingerprint density at radius 1 is 1.17 bits per heavy atom. The third-order valence-corrected chi connectivity index (χ3v) is 4.29. The molecule has 0 spiro atoms. The maximum atomic E-state index is 13.5. The molecule has 4 nitrogen and oxygen atoms in total. The lowest BCUT2D eigenvalue weighted by Crippen LogP contribution is -2.47. The summed E-state index contributed by atoms with van der Waals surface area (Å²) in [5.74, 6) is 1.45.